The summed E-state index contributed by atoms with van der Waals surface area (Å²) in [5, 5.41) is 2.88. The van der Waals surface area contributed by atoms with Crippen molar-refractivity contribution in [3.05, 3.63) is 65.9 Å². The largest absolute Gasteiger partial charge is 0.357 e. The second-order valence-corrected chi connectivity index (χ2v) is 5.48. The third-order valence-electron chi connectivity index (χ3n) is 4.07. The fourth-order valence-electron chi connectivity index (χ4n) is 3.02. The standard InChI is InChI=1S/C18H14FN3O/c19-13-3-1-11(2-4-13)15-16-14(7-10-21-18(16)23)22-17(15)12-5-8-20-9-6-12/h1-6,8-9,22H,7,10H2,(H,21,23). The van der Waals surface area contributed by atoms with Crippen molar-refractivity contribution in [3.63, 3.8) is 0 Å². The Bertz CT molecular complexity index is 869. The molecule has 0 spiro atoms. The Balaban J connectivity index is 1.99. The van der Waals surface area contributed by atoms with Gasteiger partial charge in [-0.2, -0.15) is 0 Å². The molecule has 0 aliphatic carbocycles. The lowest BCUT2D eigenvalue weighted by Crippen LogP contribution is -2.31. The molecule has 4 nitrogen and oxygen atoms in total. The van der Waals surface area contributed by atoms with E-state index < -0.39 is 0 Å². The van der Waals surface area contributed by atoms with Gasteiger partial charge in [0.1, 0.15) is 5.82 Å². The van der Waals surface area contributed by atoms with Crippen molar-refractivity contribution in [2.45, 2.75) is 6.42 Å². The first-order valence-electron chi connectivity index (χ1n) is 7.43. The van der Waals surface area contributed by atoms with Gasteiger partial charge in [-0.25, -0.2) is 4.39 Å². The fraction of sp³-hybridized carbons (Fsp3) is 0.111. The Labute approximate surface area is 132 Å². The molecule has 0 saturated heterocycles. The number of amides is 1. The van der Waals surface area contributed by atoms with Gasteiger partial charge in [-0.15, -0.1) is 0 Å². The zero-order valence-corrected chi connectivity index (χ0v) is 12.3. The smallest absolute Gasteiger partial charge is 0.253 e. The first-order valence-corrected chi connectivity index (χ1v) is 7.43. The van der Waals surface area contributed by atoms with E-state index in [0.29, 0.717) is 12.1 Å². The molecule has 0 fully saturated rings. The number of pyridine rings is 1. The summed E-state index contributed by atoms with van der Waals surface area (Å²) < 4.78 is 13.3. The van der Waals surface area contributed by atoms with E-state index in [9.17, 15) is 9.18 Å². The molecule has 23 heavy (non-hydrogen) atoms. The SMILES string of the molecule is O=C1NCCc2[nH]c(-c3ccncc3)c(-c3ccc(F)cc3)c21. The molecular formula is C18H14FN3O. The van der Waals surface area contributed by atoms with E-state index in [1.54, 1.807) is 24.5 Å². The van der Waals surface area contributed by atoms with Gasteiger partial charge < -0.3 is 10.3 Å². The van der Waals surface area contributed by atoms with Crippen LogP contribution < -0.4 is 5.32 Å². The van der Waals surface area contributed by atoms with Crippen LogP contribution in [0.3, 0.4) is 0 Å². The molecule has 0 bridgehead atoms. The summed E-state index contributed by atoms with van der Waals surface area (Å²) in [4.78, 5) is 19.8. The molecule has 114 valence electrons. The van der Waals surface area contributed by atoms with Crippen LogP contribution in [0.2, 0.25) is 0 Å². The molecular weight excluding hydrogens is 293 g/mol. The number of nitrogens with one attached hydrogen (secondary N) is 2. The van der Waals surface area contributed by atoms with Gasteiger partial charge in [0.15, 0.2) is 0 Å². The molecule has 1 aromatic carbocycles. The summed E-state index contributed by atoms with van der Waals surface area (Å²) in [6.45, 7) is 0.616. The van der Waals surface area contributed by atoms with E-state index in [2.05, 4.69) is 15.3 Å². The lowest BCUT2D eigenvalue weighted by Gasteiger charge is -2.14. The minimum Gasteiger partial charge on any atom is -0.357 e. The summed E-state index contributed by atoms with van der Waals surface area (Å²) >= 11 is 0. The van der Waals surface area contributed by atoms with E-state index >= 15 is 0 Å². The molecule has 0 radical (unpaired) electrons. The van der Waals surface area contributed by atoms with E-state index in [-0.39, 0.29) is 11.7 Å². The first-order chi connectivity index (χ1) is 11.2. The van der Waals surface area contributed by atoms with Gasteiger partial charge in [-0.05, 0) is 29.8 Å². The van der Waals surface area contributed by atoms with Crippen molar-refractivity contribution in [1.29, 1.82) is 0 Å². The maximum absolute atomic E-state index is 13.3. The lowest BCUT2D eigenvalue weighted by atomic mass is 9.95. The number of halogens is 1. The van der Waals surface area contributed by atoms with Gasteiger partial charge in [-0.3, -0.25) is 9.78 Å². The number of carbonyl (C=O) groups excluding carboxylic acids is 1. The maximum Gasteiger partial charge on any atom is 0.253 e. The fourth-order valence-corrected chi connectivity index (χ4v) is 3.02. The Morgan fingerprint density at radius 2 is 1.70 bits per heavy atom. The molecule has 4 rings (SSSR count). The molecule has 1 aliphatic heterocycles. The third kappa shape index (κ3) is 2.30. The van der Waals surface area contributed by atoms with E-state index in [1.165, 1.54) is 12.1 Å². The van der Waals surface area contributed by atoms with Crippen molar-refractivity contribution in [3.8, 4) is 22.4 Å². The number of H-pyrrole nitrogens is 1. The summed E-state index contributed by atoms with van der Waals surface area (Å²) in [5.74, 6) is -0.393. The zero-order valence-electron chi connectivity index (χ0n) is 12.3. The summed E-state index contributed by atoms with van der Waals surface area (Å²) in [5.41, 5.74) is 4.99. The van der Waals surface area contributed by atoms with Crippen LogP contribution in [-0.4, -0.2) is 22.4 Å². The molecule has 2 N–H and O–H groups in total. The van der Waals surface area contributed by atoms with Gasteiger partial charge >= 0.3 is 0 Å². The molecule has 2 aromatic heterocycles. The van der Waals surface area contributed by atoms with Crippen LogP contribution in [0.15, 0.2) is 48.8 Å². The maximum atomic E-state index is 13.3. The highest BCUT2D eigenvalue weighted by Gasteiger charge is 2.27. The minimum absolute atomic E-state index is 0.0952. The predicted octanol–water partition coefficient (Wildman–Crippen LogP) is 3.17. The Morgan fingerprint density at radius 3 is 2.43 bits per heavy atom. The topological polar surface area (TPSA) is 57.8 Å². The summed E-state index contributed by atoms with van der Waals surface area (Å²) in [6.07, 6.45) is 4.17. The number of fused-ring (bicyclic) bond motifs is 1. The van der Waals surface area contributed by atoms with Crippen LogP contribution in [0.1, 0.15) is 16.1 Å². The number of carbonyl (C=O) groups is 1. The number of benzene rings is 1. The minimum atomic E-state index is -0.298. The van der Waals surface area contributed by atoms with Crippen LogP contribution in [0.25, 0.3) is 22.4 Å². The number of nitrogens with zero attached hydrogens (tertiary/aromatic N) is 1. The average Bonchev–Trinajstić information content (AvgIpc) is 2.97. The monoisotopic (exact) mass is 307 g/mol. The summed E-state index contributed by atoms with van der Waals surface area (Å²) in [7, 11) is 0. The van der Waals surface area contributed by atoms with E-state index in [1.807, 2.05) is 12.1 Å². The molecule has 3 heterocycles. The van der Waals surface area contributed by atoms with Crippen LogP contribution in [0, 0.1) is 5.82 Å². The molecule has 3 aromatic rings. The predicted molar refractivity (Wildman–Crippen MR) is 85.5 cm³/mol. The molecule has 5 heteroatoms. The molecule has 0 saturated carbocycles. The van der Waals surface area contributed by atoms with E-state index in [0.717, 1.165) is 34.5 Å². The lowest BCUT2D eigenvalue weighted by molar-refractivity contribution is 0.0946. The van der Waals surface area contributed by atoms with Crippen molar-refractivity contribution in [1.82, 2.24) is 15.3 Å². The number of rotatable bonds is 2. The molecule has 0 unspecified atom stereocenters. The van der Waals surface area contributed by atoms with Crippen LogP contribution in [0.4, 0.5) is 4.39 Å². The number of aromatic nitrogens is 2. The van der Waals surface area contributed by atoms with Crippen LogP contribution in [0.5, 0.6) is 0 Å². The average molecular weight is 307 g/mol. The van der Waals surface area contributed by atoms with Crippen molar-refractivity contribution in [2.24, 2.45) is 0 Å². The van der Waals surface area contributed by atoms with Crippen molar-refractivity contribution in [2.75, 3.05) is 6.54 Å². The quantitative estimate of drug-likeness (QED) is 0.764. The second-order valence-electron chi connectivity index (χ2n) is 5.48. The van der Waals surface area contributed by atoms with Gasteiger partial charge in [0, 0.05) is 42.2 Å². The molecule has 1 aliphatic rings. The molecule has 1 amide bonds. The Hall–Kier alpha value is -2.95. The second kappa shape index (κ2) is 5.35. The van der Waals surface area contributed by atoms with Gasteiger partial charge in [0.2, 0.25) is 0 Å². The highest BCUT2D eigenvalue weighted by molar-refractivity contribution is 6.06. The van der Waals surface area contributed by atoms with Gasteiger partial charge in [0.25, 0.3) is 5.91 Å². The first kappa shape index (κ1) is 13.7. The normalized spacial score (nSPS) is 13.5. The summed E-state index contributed by atoms with van der Waals surface area (Å²) in [6, 6.07) is 10.00. The van der Waals surface area contributed by atoms with Gasteiger partial charge in [0.05, 0.1) is 11.3 Å². The number of hydrogen-bond donors (Lipinski definition) is 2. The zero-order chi connectivity index (χ0) is 15.8. The van der Waals surface area contributed by atoms with E-state index in [4.69, 9.17) is 0 Å². The highest BCUT2D eigenvalue weighted by Crippen LogP contribution is 2.37. The Morgan fingerprint density at radius 1 is 0.957 bits per heavy atom. The number of aromatic amines is 1. The third-order valence-corrected chi connectivity index (χ3v) is 4.07. The highest BCUT2D eigenvalue weighted by atomic mass is 19.1. The van der Waals surface area contributed by atoms with Crippen LogP contribution in [-0.2, 0) is 6.42 Å². The van der Waals surface area contributed by atoms with Crippen molar-refractivity contribution >= 4 is 5.91 Å². The van der Waals surface area contributed by atoms with Crippen molar-refractivity contribution < 1.29 is 9.18 Å². The van der Waals surface area contributed by atoms with Gasteiger partial charge in [-0.1, -0.05) is 12.1 Å². The number of hydrogen-bond acceptors (Lipinski definition) is 2. The molecule has 0 atom stereocenters. The van der Waals surface area contributed by atoms with Crippen LogP contribution >= 0.6 is 0 Å². The Kier molecular flexibility index (Phi) is 3.19.